The van der Waals surface area contributed by atoms with E-state index in [4.69, 9.17) is 5.11 Å². The summed E-state index contributed by atoms with van der Waals surface area (Å²) in [7, 11) is -3.40. The van der Waals surface area contributed by atoms with Crippen LogP contribution < -0.4 is 4.72 Å². The molecule has 2 N–H and O–H groups in total. The third kappa shape index (κ3) is 7.96. The van der Waals surface area contributed by atoms with Crippen LogP contribution in [0.5, 0.6) is 0 Å². The fourth-order valence-electron chi connectivity index (χ4n) is 0.785. The van der Waals surface area contributed by atoms with Gasteiger partial charge in [0.25, 0.3) is 0 Å². The highest BCUT2D eigenvalue weighted by Crippen LogP contribution is 1.94. The minimum absolute atomic E-state index is 0.0854. The molecule has 0 unspecified atom stereocenters. The third-order valence-electron chi connectivity index (χ3n) is 1.45. The van der Waals surface area contributed by atoms with E-state index in [1.165, 1.54) is 0 Å². The summed E-state index contributed by atoms with van der Waals surface area (Å²) in [5.41, 5.74) is 0. The molecule has 6 nitrogen and oxygen atoms in total. The Morgan fingerprint density at radius 2 is 1.93 bits per heavy atom. The first kappa shape index (κ1) is 13.3. The summed E-state index contributed by atoms with van der Waals surface area (Å²) in [5.74, 6) is -1.22. The van der Waals surface area contributed by atoms with Gasteiger partial charge in [0, 0.05) is 13.0 Å². The topological polar surface area (TPSA) is 103 Å². The van der Waals surface area contributed by atoms with Gasteiger partial charge in [-0.05, 0) is 12.8 Å². The molecule has 0 amide bonds. The lowest BCUT2D eigenvalue weighted by atomic mass is 10.3. The number of hydrogen-bond donors (Lipinski definition) is 2. The zero-order valence-corrected chi connectivity index (χ0v) is 8.55. The van der Waals surface area contributed by atoms with Crippen LogP contribution in [0, 0.1) is 0 Å². The zero-order chi connectivity index (χ0) is 11.0. The summed E-state index contributed by atoms with van der Waals surface area (Å²) < 4.78 is 24.4. The number of nitrogens with one attached hydrogen (secondary N) is 1. The molecular formula is C7H14NO5S. The molecule has 0 aliphatic carbocycles. The molecule has 1 radical (unpaired) electrons. The number of carboxylic acid groups (broad SMARTS) is 1. The van der Waals surface area contributed by atoms with Gasteiger partial charge >= 0.3 is 5.97 Å². The van der Waals surface area contributed by atoms with E-state index in [1.807, 2.05) is 0 Å². The van der Waals surface area contributed by atoms with Crippen molar-refractivity contribution in [3.05, 3.63) is 0 Å². The predicted octanol–water partition coefficient (Wildman–Crippen LogP) is -0.409. The van der Waals surface area contributed by atoms with Crippen LogP contribution in [-0.2, 0) is 19.9 Å². The number of sulfonamides is 1. The average molecular weight is 224 g/mol. The molecule has 0 aliphatic heterocycles. The molecule has 83 valence electrons. The quantitative estimate of drug-likeness (QED) is 0.547. The van der Waals surface area contributed by atoms with Crippen molar-refractivity contribution in [1.82, 2.24) is 4.72 Å². The van der Waals surface area contributed by atoms with Gasteiger partial charge in [-0.2, -0.15) is 0 Å². The normalized spacial score (nSPS) is 11.5. The van der Waals surface area contributed by atoms with Crippen LogP contribution >= 0.6 is 0 Å². The van der Waals surface area contributed by atoms with Crippen molar-refractivity contribution in [2.45, 2.75) is 19.3 Å². The fraction of sp³-hybridized carbons (Fsp3) is 0.857. The van der Waals surface area contributed by atoms with Crippen molar-refractivity contribution in [3.63, 3.8) is 0 Å². The van der Waals surface area contributed by atoms with Crippen molar-refractivity contribution in [2.75, 3.05) is 18.9 Å². The molecule has 0 rings (SSSR count). The molecule has 0 heterocycles. The average Bonchev–Trinajstić information content (AvgIpc) is 2.03. The summed E-state index contributed by atoms with van der Waals surface area (Å²) in [4.78, 5) is 10.1. The molecule has 14 heavy (non-hydrogen) atoms. The Morgan fingerprint density at radius 1 is 1.29 bits per heavy atom. The molecule has 0 saturated heterocycles. The van der Waals surface area contributed by atoms with Crippen LogP contribution in [-0.4, -0.2) is 38.4 Å². The SMILES string of the molecule is [O]CCCNS(=O)(=O)CCCC(=O)O. The standard InChI is InChI=1S/C7H14NO5S/c9-5-2-4-8-14(12,13)6-1-3-7(10)11/h8H,1-6H2,(H,10,11). The second kappa shape index (κ2) is 6.74. The van der Waals surface area contributed by atoms with Gasteiger partial charge in [-0.15, -0.1) is 0 Å². The predicted molar refractivity (Wildman–Crippen MR) is 48.8 cm³/mol. The van der Waals surface area contributed by atoms with E-state index in [0.29, 0.717) is 0 Å². The van der Waals surface area contributed by atoms with E-state index in [9.17, 15) is 18.3 Å². The van der Waals surface area contributed by atoms with Crippen LogP contribution in [0.25, 0.3) is 0 Å². The van der Waals surface area contributed by atoms with Gasteiger partial charge in [-0.1, -0.05) is 0 Å². The van der Waals surface area contributed by atoms with Crippen molar-refractivity contribution in [1.29, 1.82) is 0 Å². The van der Waals surface area contributed by atoms with Crippen LogP contribution in [0.4, 0.5) is 0 Å². The maximum atomic E-state index is 11.1. The Balaban J connectivity index is 3.67. The maximum absolute atomic E-state index is 11.1. The van der Waals surface area contributed by atoms with E-state index in [0.717, 1.165) is 0 Å². The van der Waals surface area contributed by atoms with Gasteiger partial charge in [0.2, 0.25) is 10.0 Å². The molecule has 0 atom stereocenters. The van der Waals surface area contributed by atoms with Gasteiger partial charge in [-0.3, -0.25) is 4.79 Å². The molecule has 0 aromatic carbocycles. The monoisotopic (exact) mass is 224 g/mol. The van der Waals surface area contributed by atoms with Crippen LogP contribution in [0.2, 0.25) is 0 Å². The largest absolute Gasteiger partial charge is 0.481 e. The molecule has 0 aliphatic rings. The maximum Gasteiger partial charge on any atom is 0.303 e. The van der Waals surface area contributed by atoms with Crippen molar-refractivity contribution >= 4 is 16.0 Å². The highest BCUT2D eigenvalue weighted by atomic mass is 32.2. The number of rotatable bonds is 8. The lowest BCUT2D eigenvalue weighted by Crippen LogP contribution is -2.28. The Hall–Kier alpha value is -0.660. The minimum atomic E-state index is -3.40. The summed E-state index contributed by atoms with van der Waals surface area (Å²) in [6, 6.07) is 0. The lowest BCUT2D eigenvalue weighted by molar-refractivity contribution is -0.137. The molecule has 0 bridgehead atoms. The van der Waals surface area contributed by atoms with Crippen molar-refractivity contribution in [2.24, 2.45) is 0 Å². The first-order valence-corrected chi connectivity index (χ1v) is 5.90. The summed E-state index contributed by atoms with van der Waals surface area (Å²) in [5, 5.41) is 18.3. The highest BCUT2D eigenvalue weighted by Gasteiger charge is 2.09. The Morgan fingerprint density at radius 3 is 2.43 bits per heavy atom. The zero-order valence-electron chi connectivity index (χ0n) is 7.73. The second-order valence-electron chi connectivity index (χ2n) is 2.77. The molecule has 0 fully saturated rings. The van der Waals surface area contributed by atoms with Gasteiger partial charge in [0.15, 0.2) is 0 Å². The third-order valence-corrected chi connectivity index (χ3v) is 2.92. The molecular weight excluding hydrogens is 210 g/mol. The highest BCUT2D eigenvalue weighted by molar-refractivity contribution is 7.89. The minimum Gasteiger partial charge on any atom is -0.481 e. The smallest absolute Gasteiger partial charge is 0.303 e. The van der Waals surface area contributed by atoms with E-state index in [-0.39, 0.29) is 38.2 Å². The van der Waals surface area contributed by atoms with Crippen molar-refractivity contribution < 1.29 is 23.4 Å². The van der Waals surface area contributed by atoms with Gasteiger partial charge in [-0.25, -0.2) is 18.2 Å². The number of aliphatic carboxylic acids is 1. The van der Waals surface area contributed by atoms with E-state index < -0.39 is 16.0 Å². The fourth-order valence-corrected chi connectivity index (χ4v) is 1.91. The van der Waals surface area contributed by atoms with E-state index >= 15 is 0 Å². The Bertz CT molecular complexity index is 261. The first-order chi connectivity index (χ1) is 6.48. The Kier molecular flexibility index (Phi) is 6.43. The number of carboxylic acids is 1. The van der Waals surface area contributed by atoms with Crippen LogP contribution in [0.15, 0.2) is 0 Å². The van der Waals surface area contributed by atoms with Crippen LogP contribution in [0.1, 0.15) is 19.3 Å². The second-order valence-corrected chi connectivity index (χ2v) is 4.69. The molecule has 0 aromatic heterocycles. The van der Waals surface area contributed by atoms with Crippen molar-refractivity contribution in [3.8, 4) is 0 Å². The van der Waals surface area contributed by atoms with Gasteiger partial charge < -0.3 is 5.11 Å². The summed E-state index contributed by atoms with van der Waals surface area (Å²) in [6.45, 7) is -0.198. The van der Waals surface area contributed by atoms with E-state index in [2.05, 4.69) is 4.72 Å². The summed E-state index contributed by atoms with van der Waals surface area (Å²) >= 11 is 0. The first-order valence-electron chi connectivity index (χ1n) is 4.25. The lowest BCUT2D eigenvalue weighted by Gasteiger charge is -2.03. The number of hydrogen-bond acceptors (Lipinski definition) is 3. The Labute approximate surface area is 83.0 Å². The molecule has 0 aromatic rings. The summed E-state index contributed by atoms with van der Waals surface area (Å²) in [6.07, 6.45) is 0.169. The van der Waals surface area contributed by atoms with E-state index in [1.54, 1.807) is 0 Å². The molecule has 7 heteroatoms. The van der Waals surface area contributed by atoms with Gasteiger partial charge in [0.1, 0.15) is 0 Å². The number of carbonyl (C=O) groups is 1. The van der Waals surface area contributed by atoms with Crippen LogP contribution in [0.3, 0.4) is 0 Å². The molecule has 0 saturated carbocycles. The molecule has 0 spiro atoms. The van der Waals surface area contributed by atoms with Gasteiger partial charge in [0.05, 0.1) is 12.4 Å².